The van der Waals surface area contributed by atoms with E-state index in [4.69, 9.17) is 0 Å². The number of nitro groups is 1. The van der Waals surface area contributed by atoms with Crippen LogP contribution in [0.2, 0.25) is 0 Å². The number of fused-ring (bicyclic) bond motifs is 1. The Bertz CT molecular complexity index is 1090. The summed E-state index contributed by atoms with van der Waals surface area (Å²) in [6.07, 6.45) is 0. The van der Waals surface area contributed by atoms with E-state index in [9.17, 15) is 14.5 Å². The molecule has 0 fully saturated rings. The lowest BCUT2D eigenvalue weighted by Crippen LogP contribution is -1.99. The van der Waals surface area contributed by atoms with E-state index in [0.29, 0.717) is 22.5 Å². The Balaban J connectivity index is 2.05. The third-order valence-corrected chi connectivity index (χ3v) is 3.95. The summed E-state index contributed by atoms with van der Waals surface area (Å²) >= 11 is 0. The smallest absolute Gasteiger partial charge is 0.271 e. The Kier molecular flexibility index (Phi) is 3.50. The summed E-state index contributed by atoms with van der Waals surface area (Å²) in [6.45, 7) is 0. The van der Waals surface area contributed by atoms with Gasteiger partial charge in [-0.25, -0.2) is 9.37 Å². The Morgan fingerprint density at radius 2 is 1.76 bits per heavy atom. The second kappa shape index (κ2) is 5.83. The highest BCUT2D eigenvalue weighted by Crippen LogP contribution is 2.30. The fourth-order valence-electron chi connectivity index (χ4n) is 2.84. The molecule has 3 aromatic carbocycles. The van der Waals surface area contributed by atoms with E-state index < -0.39 is 10.7 Å². The zero-order valence-corrected chi connectivity index (χ0v) is 13.0. The summed E-state index contributed by atoms with van der Waals surface area (Å²) < 4.78 is 15.5. The molecule has 0 aliphatic rings. The molecule has 0 aliphatic carbocycles. The molecule has 0 saturated heterocycles. The van der Waals surface area contributed by atoms with Gasteiger partial charge in [-0.15, -0.1) is 0 Å². The predicted molar refractivity (Wildman–Crippen MR) is 93.1 cm³/mol. The first-order chi connectivity index (χ1) is 12.1. The molecular weight excluding hydrogens is 321 g/mol. The van der Waals surface area contributed by atoms with Gasteiger partial charge in [-0.05, 0) is 18.2 Å². The number of aromatic nitrogens is 2. The topological polar surface area (TPSA) is 61.0 Å². The van der Waals surface area contributed by atoms with Crippen molar-refractivity contribution < 1.29 is 9.31 Å². The molecule has 4 aromatic rings. The van der Waals surface area contributed by atoms with E-state index in [-0.39, 0.29) is 5.69 Å². The van der Waals surface area contributed by atoms with Gasteiger partial charge >= 0.3 is 0 Å². The van der Waals surface area contributed by atoms with Gasteiger partial charge in [-0.1, -0.05) is 36.4 Å². The zero-order valence-electron chi connectivity index (χ0n) is 13.0. The summed E-state index contributed by atoms with van der Waals surface area (Å²) in [7, 11) is 0. The number of benzene rings is 3. The third kappa shape index (κ3) is 2.63. The number of nitro benzene ring substituents is 1. The summed E-state index contributed by atoms with van der Waals surface area (Å²) in [6, 6.07) is 20.0. The molecule has 122 valence electrons. The number of nitrogens with zero attached hydrogens (tertiary/aromatic N) is 3. The normalized spacial score (nSPS) is 10.9. The van der Waals surface area contributed by atoms with Crippen molar-refractivity contribution in [1.82, 2.24) is 9.55 Å². The van der Waals surface area contributed by atoms with Crippen molar-refractivity contribution in [2.75, 3.05) is 0 Å². The van der Waals surface area contributed by atoms with Crippen LogP contribution in [0.4, 0.5) is 10.1 Å². The minimum atomic E-state index is -0.453. The van der Waals surface area contributed by atoms with Crippen LogP contribution in [-0.2, 0) is 0 Å². The van der Waals surface area contributed by atoms with Crippen molar-refractivity contribution in [3.63, 3.8) is 0 Å². The lowest BCUT2D eigenvalue weighted by atomic mass is 10.2. The maximum absolute atomic E-state index is 13.8. The van der Waals surface area contributed by atoms with E-state index in [1.54, 1.807) is 22.8 Å². The largest absolute Gasteiger partial charge is 0.292 e. The molecule has 0 saturated carbocycles. The van der Waals surface area contributed by atoms with Gasteiger partial charge in [0.2, 0.25) is 0 Å². The third-order valence-electron chi connectivity index (χ3n) is 3.95. The highest BCUT2D eigenvalue weighted by atomic mass is 19.1. The minimum Gasteiger partial charge on any atom is -0.292 e. The first-order valence-corrected chi connectivity index (χ1v) is 7.62. The molecule has 25 heavy (non-hydrogen) atoms. The molecule has 0 amide bonds. The quantitative estimate of drug-likeness (QED) is 0.402. The molecule has 0 unspecified atom stereocenters. The lowest BCUT2D eigenvalue weighted by molar-refractivity contribution is -0.384. The van der Waals surface area contributed by atoms with Gasteiger partial charge in [-0.3, -0.25) is 14.7 Å². The van der Waals surface area contributed by atoms with E-state index >= 15 is 0 Å². The second-order valence-electron chi connectivity index (χ2n) is 5.55. The summed E-state index contributed by atoms with van der Waals surface area (Å²) in [5, 5.41) is 11.1. The van der Waals surface area contributed by atoms with Crippen molar-refractivity contribution in [2.24, 2.45) is 0 Å². The lowest BCUT2D eigenvalue weighted by Gasteiger charge is -2.09. The van der Waals surface area contributed by atoms with Gasteiger partial charge in [0.25, 0.3) is 5.69 Å². The van der Waals surface area contributed by atoms with Crippen molar-refractivity contribution in [3.05, 3.63) is 88.7 Å². The van der Waals surface area contributed by atoms with Crippen LogP contribution in [0.3, 0.4) is 0 Å². The summed E-state index contributed by atoms with van der Waals surface area (Å²) in [5.41, 5.74) is 2.53. The van der Waals surface area contributed by atoms with Crippen LogP contribution < -0.4 is 0 Å². The summed E-state index contributed by atoms with van der Waals surface area (Å²) in [5.74, 6) is 0.209. The molecule has 1 aromatic heterocycles. The molecule has 1 heterocycles. The van der Waals surface area contributed by atoms with Gasteiger partial charge in [-0.2, -0.15) is 0 Å². The second-order valence-corrected chi connectivity index (χ2v) is 5.55. The van der Waals surface area contributed by atoms with Crippen LogP contribution in [0.15, 0.2) is 72.8 Å². The van der Waals surface area contributed by atoms with Crippen LogP contribution in [0, 0.1) is 15.9 Å². The SMILES string of the molecule is O=[N+]([O-])c1cccc(-n2c(-c3ccccc3)nc3ccc(F)cc32)c1. The molecule has 5 nitrogen and oxygen atoms in total. The molecule has 0 radical (unpaired) electrons. The number of hydrogen-bond donors (Lipinski definition) is 0. The Labute approximate surface area is 142 Å². The van der Waals surface area contributed by atoms with Crippen LogP contribution in [0.5, 0.6) is 0 Å². The van der Waals surface area contributed by atoms with Gasteiger partial charge in [0.05, 0.1) is 21.6 Å². The van der Waals surface area contributed by atoms with E-state index in [0.717, 1.165) is 5.56 Å². The fourth-order valence-corrected chi connectivity index (χ4v) is 2.84. The molecule has 0 atom stereocenters. The number of imidazole rings is 1. The van der Waals surface area contributed by atoms with Crippen LogP contribution >= 0.6 is 0 Å². The average molecular weight is 333 g/mol. The highest BCUT2D eigenvalue weighted by molar-refractivity contribution is 5.83. The molecule has 0 spiro atoms. The first kappa shape index (κ1) is 15.0. The van der Waals surface area contributed by atoms with Crippen molar-refractivity contribution in [3.8, 4) is 17.1 Å². The molecule has 6 heteroatoms. The van der Waals surface area contributed by atoms with E-state index in [2.05, 4.69) is 4.98 Å². The molecule has 0 aliphatic heterocycles. The number of hydrogen-bond acceptors (Lipinski definition) is 3. The maximum Gasteiger partial charge on any atom is 0.271 e. The first-order valence-electron chi connectivity index (χ1n) is 7.62. The standard InChI is InChI=1S/C19H12FN3O2/c20-14-9-10-17-18(11-14)22(15-7-4-8-16(12-15)23(24)25)19(21-17)13-5-2-1-3-6-13/h1-12H. The van der Waals surface area contributed by atoms with Crippen LogP contribution in [0.25, 0.3) is 28.1 Å². The van der Waals surface area contributed by atoms with Crippen molar-refractivity contribution >= 4 is 16.7 Å². The van der Waals surface area contributed by atoms with Crippen molar-refractivity contribution in [1.29, 1.82) is 0 Å². The summed E-state index contributed by atoms with van der Waals surface area (Å²) in [4.78, 5) is 15.3. The Morgan fingerprint density at radius 1 is 0.960 bits per heavy atom. The number of halogens is 1. The molecule has 0 bridgehead atoms. The predicted octanol–water partition coefficient (Wildman–Crippen LogP) is 4.74. The Hall–Kier alpha value is -3.54. The maximum atomic E-state index is 13.8. The number of non-ortho nitro benzene ring substituents is 1. The molecular formula is C19H12FN3O2. The van der Waals surface area contributed by atoms with Crippen LogP contribution in [-0.4, -0.2) is 14.5 Å². The van der Waals surface area contributed by atoms with Gasteiger partial charge in [0.1, 0.15) is 11.6 Å². The Morgan fingerprint density at radius 3 is 2.52 bits per heavy atom. The number of rotatable bonds is 3. The minimum absolute atomic E-state index is 0.0326. The highest BCUT2D eigenvalue weighted by Gasteiger charge is 2.16. The van der Waals surface area contributed by atoms with Crippen LogP contribution in [0.1, 0.15) is 0 Å². The fraction of sp³-hybridized carbons (Fsp3) is 0. The van der Waals surface area contributed by atoms with E-state index in [1.165, 1.54) is 24.3 Å². The average Bonchev–Trinajstić information content (AvgIpc) is 3.01. The van der Waals surface area contributed by atoms with Gasteiger partial charge in [0.15, 0.2) is 0 Å². The van der Waals surface area contributed by atoms with Crippen molar-refractivity contribution in [2.45, 2.75) is 0 Å². The zero-order chi connectivity index (χ0) is 17.4. The van der Waals surface area contributed by atoms with E-state index in [1.807, 2.05) is 30.3 Å². The van der Waals surface area contributed by atoms with Gasteiger partial charge in [0, 0.05) is 23.8 Å². The molecule has 4 rings (SSSR count). The monoisotopic (exact) mass is 333 g/mol. The molecule has 0 N–H and O–H groups in total. The van der Waals surface area contributed by atoms with Gasteiger partial charge < -0.3 is 0 Å².